The van der Waals surface area contributed by atoms with Gasteiger partial charge in [0.25, 0.3) is 0 Å². The number of sulfonamides is 1. The number of ether oxygens (including phenoxy) is 1. The molecule has 1 fully saturated rings. The first-order chi connectivity index (χ1) is 17.2. The first kappa shape index (κ1) is 27.1. The molecule has 4 rings (SSSR count). The summed E-state index contributed by atoms with van der Waals surface area (Å²) in [6, 6.07) is 4.82. The number of likely N-dealkylation sites (N-methyl/N-ethyl adjacent to an activating group) is 1. The number of aliphatic hydroxyl groups is 1. The van der Waals surface area contributed by atoms with E-state index in [0.717, 1.165) is 50.5 Å². The van der Waals surface area contributed by atoms with Crippen LogP contribution in [0, 0.1) is 11.8 Å². The van der Waals surface area contributed by atoms with Crippen LogP contribution in [0.1, 0.15) is 77.2 Å². The van der Waals surface area contributed by atoms with Crippen LogP contribution in [0.5, 0.6) is 5.75 Å². The third-order valence-corrected chi connectivity index (χ3v) is 10.1. The van der Waals surface area contributed by atoms with Gasteiger partial charge in [-0.15, -0.1) is 0 Å². The number of aliphatic hydroxyl groups excluding tert-OH is 1. The highest BCUT2D eigenvalue weighted by Gasteiger charge is 2.39. The van der Waals surface area contributed by atoms with Gasteiger partial charge in [0.1, 0.15) is 16.7 Å². The monoisotopic (exact) mass is 518 g/mol. The molecule has 0 aromatic heterocycles. The first-order valence-electron chi connectivity index (χ1n) is 13.6. The van der Waals surface area contributed by atoms with Crippen molar-refractivity contribution in [2.24, 2.45) is 11.8 Å². The summed E-state index contributed by atoms with van der Waals surface area (Å²) in [4.78, 5) is 15.1. The van der Waals surface area contributed by atoms with E-state index in [1.165, 1.54) is 22.7 Å². The Labute approximate surface area is 216 Å². The summed E-state index contributed by atoms with van der Waals surface area (Å²) in [5, 5.41) is 9.86. The molecule has 0 saturated heterocycles. The lowest BCUT2D eigenvalue weighted by Gasteiger charge is -2.38. The molecule has 0 spiro atoms. The standard InChI is InChI=1S/C28H42N2O5S/c1-20-17-30(21(2)19-31)36(33,34)27-15-14-24(22-10-6-4-7-11-22)16-25(27)35-26(20)18-29(3)28(32)23-12-8-5-9-13-23/h10,14-16,20-21,23,26,31H,4-9,11-13,17-19H2,1-3H3/t20-,21+,26-/m0/s1. The maximum atomic E-state index is 13.7. The van der Waals surface area contributed by atoms with E-state index in [1.54, 1.807) is 17.9 Å². The molecule has 200 valence electrons. The van der Waals surface area contributed by atoms with Gasteiger partial charge in [0, 0.05) is 31.5 Å². The second-order valence-electron chi connectivity index (χ2n) is 10.9. The molecular weight excluding hydrogens is 476 g/mol. The summed E-state index contributed by atoms with van der Waals surface area (Å²) in [6.07, 6.45) is 11.4. The van der Waals surface area contributed by atoms with Gasteiger partial charge in [0.05, 0.1) is 13.2 Å². The first-order valence-corrected chi connectivity index (χ1v) is 15.0. The van der Waals surface area contributed by atoms with Crippen molar-refractivity contribution in [2.75, 3.05) is 26.7 Å². The van der Waals surface area contributed by atoms with E-state index < -0.39 is 16.1 Å². The highest BCUT2D eigenvalue weighted by Crippen LogP contribution is 2.37. The van der Waals surface area contributed by atoms with Crippen LogP contribution in [0.3, 0.4) is 0 Å². The van der Waals surface area contributed by atoms with Gasteiger partial charge in [0.15, 0.2) is 0 Å². The predicted octanol–water partition coefficient (Wildman–Crippen LogP) is 4.45. The van der Waals surface area contributed by atoms with Gasteiger partial charge in [-0.2, -0.15) is 4.31 Å². The Kier molecular flexibility index (Phi) is 8.79. The predicted molar refractivity (Wildman–Crippen MR) is 141 cm³/mol. The van der Waals surface area contributed by atoms with E-state index in [-0.39, 0.29) is 41.9 Å². The molecule has 1 heterocycles. The molecule has 36 heavy (non-hydrogen) atoms. The van der Waals surface area contributed by atoms with E-state index in [0.29, 0.717) is 12.3 Å². The van der Waals surface area contributed by atoms with Crippen molar-refractivity contribution in [3.63, 3.8) is 0 Å². The minimum absolute atomic E-state index is 0.0658. The molecule has 3 aliphatic rings. The molecule has 1 N–H and O–H groups in total. The molecule has 7 nitrogen and oxygen atoms in total. The van der Waals surface area contributed by atoms with E-state index >= 15 is 0 Å². The molecular formula is C28H42N2O5S. The fraction of sp³-hybridized carbons (Fsp3) is 0.679. The molecule has 1 aromatic carbocycles. The fourth-order valence-corrected chi connectivity index (χ4v) is 7.59. The van der Waals surface area contributed by atoms with Crippen molar-refractivity contribution in [2.45, 2.75) is 88.7 Å². The lowest BCUT2D eigenvalue weighted by atomic mass is 9.88. The maximum absolute atomic E-state index is 13.7. The number of hydrogen-bond donors (Lipinski definition) is 1. The summed E-state index contributed by atoms with van der Waals surface area (Å²) in [6.45, 7) is 4.03. The number of nitrogens with zero attached hydrogens (tertiary/aromatic N) is 2. The highest BCUT2D eigenvalue weighted by molar-refractivity contribution is 7.89. The Hall–Kier alpha value is -1.90. The second-order valence-corrected chi connectivity index (χ2v) is 12.8. The number of fused-ring (bicyclic) bond motifs is 1. The lowest BCUT2D eigenvalue weighted by molar-refractivity contribution is -0.136. The zero-order chi connectivity index (χ0) is 25.9. The number of hydrogen-bond acceptors (Lipinski definition) is 5. The zero-order valence-electron chi connectivity index (χ0n) is 22.0. The normalized spacial score (nSPS) is 26.1. The lowest BCUT2D eigenvalue weighted by Crippen LogP contribution is -2.50. The fourth-order valence-electron chi connectivity index (χ4n) is 5.76. The van der Waals surface area contributed by atoms with Gasteiger partial charge >= 0.3 is 0 Å². The second kappa shape index (κ2) is 11.7. The van der Waals surface area contributed by atoms with Gasteiger partial charge in [0.2, 0.25) is 15.9 Å². The van der Waals surface area contributed by atoms with Crippen molar-refractivity contribution >= 4 is 21.5 Å². The van der Waals surface area contributed by atoms with Crippen LogP contribution in [0.15, 0.2) is 29.2 Å². The van der Waals surface area contributed by atoms with Crippen molar-refractivity contribution in [1.29, 1.82) is 0 Å². The smallest absolute Gasteiger partial charge is 0.247 e. The SMILES string of the molecule is C[C@H](CO)N1C[C@H](C)[C@H](CN(C)C(=O)C2CCCCC2)Oc2cc(C3=CCCCC3)ccc2S1(=O)=O. The van der Waals surface area contributed by atoms with E-state index in [2.05, 4.69) is 6.08 Å². The van der Waals surface area contributed by atoms with Crippen LogP contribution in [0.2, 0.25) is 0 Å². The number of carbonyl (C=O) groups excluding carboxylic acids is 1. The third-order valence-electron chi connectivity index (χ3n) is 8.11. The average Bonchev–Trinajstić information content (AvgIpc) is 2.90. The number of allylic oxidation sites excluding steroid dienone is 2. The Morgan fingerprint density at radius 2 is 1.94 bits per heavy atom. The Balaban J connectivity index is 1.68. The number of amides is 1. The molecule has 0 unspecified atom stereocenters. The topological polar surface area (TPSA) is 87.2 Å². The van der Waals surface area contributed by atoms with E-state index in [4.69, 9.17) is 4.74 Å². The van der Waals surface area contributed by atoms with Gasteiger partial charge in [-0.25, -0.2) is 8.42 Å². The van der Waals surface area contributed by atoms with Crippen LogP contribution in [0.25, 0.3) is 5.57 Å². The maximum Gasteiger partial charge on any atom is 0.247 e. The Morgan fingerprint density at radius 1 is 1.19 bits per heavy atom. The summed E-state index contributed by atoms with van der Waals surface area (Å²) in [5.41, 5.74) is 2.21. The quantitative estimate of drug-likeness (QED) is 0.601. The average molecular weight is 519 g/mol. The molecule has 1 saturated carbocycles. The Bertz CT molecular complexity index is 1060. The highest BCUT2D eigenvalue weighted by atomic mass is 32.2. The molecule has 1 amide bonds. The van der Waals surface area contributed by atoms with E-state index in [1.807, 2.05) is 26.1 Å². The number of benzene rings is 1. The van der Waals surface area contributed by atoms with Gasteiger partial charge in [-0.1, -0.05) is 38.3 Å². The van der Waals surface area contributed by atoms with Crippen LogP contribution >= 0.6 is 0 Å². The van der Waals surface area contributed by atoms with Gasteiger partial charge in [-0.3, -0.25) is 4.79 Å². The third kappa shape index (κ3) is 5.81. The van der Waals surface area contributed by atoms with Crippen molar-refractivity contribution in [1.82, 2.24) is 9.21 Å². The minimum atomic E-state index is -3.87. The molecule has 1 aromatic rings. The van der Waals surface area contributed by atoms with Crippen molar-refractivity contribution in [3.8, 4) is 5.75 Å². The molecule has 0 radical (unpaired) electrons. The summed E-state index contributed by atoms with van der Waals surface area (Å²) in [7, 11) is -2.04. The van der Waals surface area contributed by atoms with E-state index in [9.17, 15) is 18.3 Å². The minimum Gasteiger partial charge on any atom is -0.487 e. The molecule has 0 bridgehead atoms. The van der Waals surface area contributed by atoms with Crippen molar-refractivity contribution in [3.05, 3.63) is 29.8 Å². The van der Waals surface area contributed by atoms with Gasteiger partial charge in [-0.05, 0) is 68.7 Å². The van der Waals surface area contributed by atoms with Crippen LogP contribution in [-0.4, -0.2) is 67.5 Å². The van der Waals surface area contributed by atoms with Gasteiger partial charge < -0.3 is 14.7 Å². The molecule has 3 atom stereocenters. The summed E-state index contributed by atoms with van der Waals surface area (Å²) >= 11 is 0. The zero-order valence-corrected chi connectivity index (χ0v) is 22.8. The number of rotatable bonds is 6. The largest absolute Gasteiger partial charge is 0.487 e. The van der Waals surface area contributed by atoms with Crippen LogP contribution in [-0.2, 0) is 14.8 Å². The van der Waals surface area contributed by atoms with Crippen LogP contribution < -0.4 is 4.74 Å². The molecule has 2 aliphatic carbocycles. The van der Waals surface area contributed by atoms with Crippen LogP contribution in [0.4, 0.5) is 0 Å². The summed E-state index contributed by atoms with van der Waals surface area (Å²) in [5.74, 6) is 0.378. The Morgan fingerprint density at radius 3 is 2.61 bits per heavy atom. The molecule has 8 heteroatoms. The van der Waals surface area contributed by atoms with Crippen molar-refractivity contribution < 1.29 is 23.1 Å². The summed E-state index contributed by atoms with van der Waals surface area (Å²) < 4.78 is 35.3. The molecule has 1 aliphatic heterocycles. The number of carbonyl (C=O) groups is 1.